The van der Waals surface area contributed by atoms with E-state index in [1.807, 2.05) is 18.2 Å². The van der Waals surface area contributed by atoms with Crippen molar-refractivity contribution in [2.45, 2.75) is 19.4 Å². The van der Waals surface area contributed by atoms with Crippen LogP contribution in [0.4, 0.5) is 0 Å². The lowest BCUT2D eigenvalue weighted by Crippen LogP contribution is -2.45. The van der Waals surface area contributed by atoms with E-state index in [1.165, 1.54) is 0 Å². The number of para-hydroxylation sites is 1. The number of amides is 2. The van der Waals surface area contributed by atoms with Crippen molar-refractivity contribution in [3.05, 3.63) is 42.1 Å². The van der Waals surface area contributed by atoms with E-state index in [4.69, 9.17) is 11.0 Å². The van der Waals surface area contributed by atoms with Gasteiger partial charge in [0.25, 0.3) is 5.91 Å². The quantitative estimate of drug-likeness (QED) is 0.868. The molecule has 0 bridgehead atoms. The Hall–Kier alpha value is -2.94. The number of carbonyl (C=O) groups excluding carboxylic acids is 2. The fourth-order valence-corrected chi connectivity index (χ4v) is 2.18. The van der Waals surface area contributed by atoms with Gasteiger partial charge in [0.05, 0.1) is 17.1 Å². The third-order valence-electron chi connectivity index (χ3n) is 3.34. The Kier molecular flexibility index (Phi) is 4.69. The molecule has 22 heavy (non-hydrogen) atoms. The third-order valence-corrected chi connectivity index (χ3v) is 3.34. The summed E-state index contributed by atoms with van der Waals surface area (Å²) in [5.41, 5.74) is 6.22. The molecule has 0 aliphatic carbocycles. The lowest BCUT2D eigenvalue weighted by molar-refractivity contribution is -0.120. The molecule has 0 aliphatic rings. The number of hydrogen-bond acceptors (Lipinski definition) is 4. The molecule has 1 aromatic carbocycles. The van der Waals surface area contributed by atoms with E-state index in [1.54, 1.807) is 31.3 Å². The summed E-state index contributed by atoms with van der Waals surface area (Å²) in [6.07, 6.45) is 1.78. The molecule has 2 rings (SSSR count). The van der Waals surface area contributed by atoms with Crippen LogP contribution in [-0.4, -0.2) is 22.8 Å². The van der Waals surface area contributed by atoms with Gasteiger partial charge in [0.2, 0.25) is 5.91 Å². The molecule has 0 aliphatic heterocycles. The summed E-state index contributed by atoms with van der Waals surface area (Å²) in [6.45, 7) is 1.67. The van der Waals surface area contributed by atoms with Crippen LogP contribution in [-0.2, 0) is 4.79 Å². The summed E-state index contributed by atoms with van der Waals surface area (Å²) in [7, 11) is 0. The van der Waals surface area contributed by atoms with Gasteiger partial charge < -0.3 is 11.1 Å². The van der Waals surface area contributed by atoms with Crippen LogP contribution in [0.3, 0.4) is 0 Å². The van der Waals surface area contributed by atoms with Crippen molar-refractivity contribution in [2.24, 2.45) is 11.7 Å². The lowest BCUT2D eigenvalue weighted by atomic mass is 10.0. The molecule has 3 N–H and O–H groups in total. The second kappa shape index (κ2) is 6.68. The van der Waals surface area contributed by atoms with Gasteiger partial charge in [-0.2, -0.15) is 5.26 Å². The number of nitrogens with one attached hydrogen (secondary N) is 1. The van der Waals surface area contributed by atoms with Gasteiger partial charge in [-0.1, -0.05) is 18.2 Å². The van der Waals surface area contributed by atoms with E-state index in [0.29, 0.717) is 11.1 Å². The highest BCUT2D eigenvalue weighted by Gasteiger charge is 2.22. The highest BCUT2D eigenvalue weighted by molar-refractivity contribution is 6.06. The molecule has 2 amide bonds. The number of nitrogens with two attached hydrogens (primary N) is 1. The van der Waals surface area contributed by atoms with Crippen molar-refractivity contribution in [3.63, 3.8) is 0 Å². The molecule has 6 nitrogen and oxygen atoms in total. The van der Waals surface area contributed by atoms with E-state index >= 15 is 0 Å². The molecule has 2 aromatic rings. The van der Waals surface area contributed by atoms with E-state index in [2.05, 4.69) is 10.3 Å². The summed E-state index contributed by atoms with van der Waals surface area (Å²) in [5.74, 6) is -1.48. The molecule has 0 saturated heterocycles. The van der Waals surface area contributed by atoms with Crippen molar-refractivity contribution in [3.8, 4) is 6.07 Å². The predicted molar refractivity (Wildman–Crippen MR) is 81.6 cm³/mol. The molecule has 0 unspecified atom stereocenters. The topological polar surface area (TPSA) is 109 Å². The van der Waals surface area contributed by atoms with Crippen molar-refractivity contribution in [2.75, 3.05) is 0 Å². The molecule has 112 valence electrons. The summed E-state index contributed by atoms with van der Waals surface area (Å²) >= 11 is 0. The number of carbonyl (C=O) groups is 2. The van der Waals surface area contributed by atoms with Gasteiger partial charge in [-0.3, -0.25) is 14.6 Å². The predicted octanol–water partition coefficient (Wildman–Crippen LogP) is 1.37. The van der Waals surface area contributed by atoms with Crippen LogP contribution in [0.1, 0.15) is 23.7 Å². The molecular weight excluding hydrogens is 280 g/mol. The Morgan fingerprint density at radius 3 is 2.77 bits per heavy atom. The van der Waals surface area contributed by atoms with E-state index < -0.39 is 17.9 Å². The molecule has 1 heterocycles. The maximum atomic E-state index is 12.4. The standard InChI is InChI=1S/C16H16N4O2/c1-10(9-17)8-13(15(18)21)20-16(22)12-6-2-4-11-5-3-7-19-14(11)12/h2-7,10,13H,8H2,1H3,(H2,18,21)(H,20,22)/t10-,13+/m1/s1. The lowest BCUT2D eigenvalue weighted by Gasteiger charge is -2.16. The highest BCUT2D eigenvalue weighted by Crippen LogP contribution is 2.16. The van der Waals surface area contributed by atoms with Gasteiger partial charge in [0.15, 0.2) is 0 Å². The molecule has 0 radical (unpaired) electrons. The monoisotopic (exact) mass is 296 g/mol. The zero-order valence-electron chi connectivity index (χ0n) is 12.1. The second-order valence-electron chi connectivity index (χ2n) is 5.07. The van der Waals surface area contributed by atoms with Crippen molar-refractivity contribution < 1.29 is 9.59 Å². The third kappa shape index (κ3) is 3.38. The van der Waals surface area contributed by atoms with Gasteiger partial charge in [0, 0.05) is 17.5 Å². The van der Waals surface area contributed by atoms with Gasteiger partial charge in [0.1, 0.15) is 6.04 Å². The smallest absolute Gasteiger partial charge is 0.254 e. The number of primary amides is 1. The van der Waals surface area contributed by atoms with Gasteiger partial charge in [-0.25, -0.2) is 0 Å². The summed E-state index contributed by atoms with van der Waals surface area (Å²) in [4.78, 5) is 28.1. The molecule has 6 heteroatoms. The van der Waals surface area contributed by atoms with Crippen LogP contribution in [0.15, 0.2) is 36.5 Å². The zero-order chi connectivity index (χ0) is 16.1. The number of nitrogens with zero attached hydrogens (tertiary/aromatic N) is 2. The van der Waals surface area contributed by atoms with E-state index in [-0.39, 0.29) is 12.3 Å². The molecule has 0 saturated carbocycles. The molecule has 0 fully saturated rings. The Bertz CT molecular complexity index is 746. The summed E-state index contributed by atoms with van der Waals surface area (Å²) in [6, 6.07) is 10.00. The van der Waals surface area contributed by atoms with Crippen molar-refractivity contribution in [1.82, 2.24) is 10.3 Å². The summed E-state index contributed by atoms with van der Waals surface area (Å²) in [5, 5.41) is 12.2. The maximum Gasteiger partial charge on any atom is 0.254 e. The molecule has 2 atom stereocenters. The van der Waals surface area contributed by atoms with Gasteiger partial charge >= 0.3 is 0 Å². The number of benzene rings is 1. The number of rotatable bonds is 5. The Morgan fingerprint density at radius 2 is 2.09 bits per heavy atom. The van der Waals surface area contributed by atoms with Crippen LogP contribution >= 0.6 is 0 Å². The SMILES string of the molecule is C[C@@H](C#N)C[C@H](NC(=O)c1cccc2cccnc12)C(N)=O. The summed E-state index contributed by atoms with van der Waals surface area (Å²) < 4.78 is 0. The first-order valence-electron chi connectivity index (χ1n) is 6.86. The molecular formula is C16H16N4O2. The minimum atomic E-state index is -0.888. The Morgan fingerprint density at radius 1 is 1.36 bits per heavy atom. The van der Waals surface area contributed by atoms with Crippen LogP contribution in [0, 0.1) is 17.2 Å². The largest absolute Gasteiger partial charge is 0.368 e. The van der Waals surface area contributed by atoms with Crippen LogP contribution in [0.5, 0.6) is 0 Å². The highest BCUT2D eigenvalue weighted by atomic mass is 16.2. The van der Waals surface area contributed by atoms with Crippen molar-refractivity contribution in [1.29, 1.82) is 5.26 Å². The Labute approximate surface area is 127 Å². The molecule has 1 aromatic heterocycles. The van der Waals surface area contributed by atoms with Crippen LogP contribution in [0.25, 0.3) is 10.9 Å². The number of nitriles is 1. The fourth-order valence-electron chi connectivity index (χ4n) is 2.18. The average Bonchev–Trinajstić information content (AvgIpc) is 2.53. The fraction of sp³-hybridized carbons (Fsp3) is 0.250. The maximum absolute atomic E-state index is 12.4. The Balaban J connectivity index is 2.26. The average molecular weight is 296 g/mol. The zero-order valence-corrected chi connectivity index (χ0v) is 12.1. The number of fused-ring (bicyclic) bond motifs is 1. The number of aromatic nitrogens is 1. The first-order valence-corrected chi connectivity index (χ1v) is 6.86. The van der Waals surface area contributed by atoms with Gasteiger partial charge in [-0.05, 0) is 25.5 Å². The van der Waals surface area contributed by atoms with Crippen LogP contribution < -0.4 is 11.1 Å². The minimum Gasteiger partial charge on any atom is -0.368 e. The van der Waals surface area contributed by atoms with Crippen molar-refractivity contribution >= 4 is 22.7 Å². The minimum absolute atomic E-state index is 0.176. The first-order chi connectivity index (χ1) is 10.5. The van der Waals surface area contributed by atoms with E-state index in [0.717, 1.165) is 5.39 Å². The normalized spacial score (nSPS) is 13.1. The van der Waals surface area contributed by atoms with Crippen LogP contribution in [0.2, 0.25) is 0 Å². The number of pyridine rings is 1. The molecule has 0 spiro atoms. The first kappa shape index (κ1) is 15.4. The second-order valence-corrected chi connectivity index (χ2v) is 5.07. The van der Waals surface area contributed by atoms with E-state index in [9.17, 15) is 9.59 Å². The number of hydrogen-bond donors (Lipinski definition) is 2. The van der Waals surface area contributed by atoms with Gasteiger partial charge in [-0.15, -0.1) is 0 Å².